The average molecular weight is 269 g/mol. The van der Waals surface area contributed by atoms with Crippen LogP contribution in [-0.4, -0.2) is 16.7 Å². The van der Waals surface area contributed by atoms with Crippen LogP contribution in [0.3, 0.4) is 0 Å². The van der Waals surface area contributed by atoms with E-state index in [0.29, 0.717) is 5.15 Å². The van der Waals surface area contributed by atoms with E-state index in [1.54, 1.807) is 6.07 Å². The van der Waals surface area contributed by atoms with Crippen LogP contribution in [0.15, 0.2) is 18.2 Å². The number of nitrogens with one attached hydrogen (secondary N) is 1. The van der Waals surface area contributed by atoms with Gasteiger partial charge in [-0.2, -0.15) is 0 Å². The monoisotopic (exact) mass is 268 g/mol. The molecule has 0 aliphatic heterocycles. The quantitative estimate of drug-likeness (QED) is 0.838. The number of alkyl carbamates (subject to hydrolysis) is 1. The van der Waals surface area contributed by atoms with Crippen LogP contribution in [0, 0.1) is 0 Å². The van der Waals surface area contributed by atoms with E-state index < -0.39 is 17.2 Å². The first-order valence-electron chi connectivity index (χ1n) is 5.95. The molecule has 1 saturated carbocycles. The largest absolute Gasteiger partial charge is 0.444 e. The number of rotatable bonds is 2. The molecule has 1 aromatic rings. The third-order valence-electron chi connectivity index (χ3n) is 2.70. The van der Waals surface area contributed by atoms with Gasteiger partial charge in [0.2, 0.25) is 0 Å². The van der Waals surface area contributed by atoms with E-state index in [2.05, 4.69) is 10.3 Å². The van der Waals surface area contributed by atoms with Gasteiger partial charge in [0.15, 0.2) is 0 Å². The van der Waals surface area contributed by atoms with Gasteiger partial charge in [0, 0.05) is 0 Å². The second-order valence-corrected chi connectivity index (χ2v) is 5.94. The van der Waals surface area contributed by atoms with E-state index in [1.165, 1.54) is 0 Å². The Morgan fingerprint density at radius 3 is 2.61 bits per heavy atom. The van der Waals surface area contributed by atoms with Crippen LogP contribution in [0.1, 0.15) is 39.3 Å². The van der Waals surface area contributed by atoms with Crippen LogP contribution in [0.25, 0.3) is 0 Å². The number of halogens is 1. The van der Waals surface area contributed by atoms with Crippen molar-refractivity contribution in [2.75, 3.05) is 0 Å². The van der Waals surface area contributed by atoms with Crippen LogP contribution in [0.5, 0.6) is 0 Å². The fourth-order valence-corrected chi connectivity index (χ4v) is 1.91. The second-order valence-electron chi connectivity index (χ2n) is 5.55. The van der Waals surface area contributed by atoms with E-state index in [9.17, 15) is 4.79 Å². The summed E-state index contributed by atoms with van der Waals surface area (Å²) in [5, 5.41) is 3.32. The maximum Gasteiger partial charge on any atom is 0.408 e. The predicted molar refractivity (Wildman–Crippen MR) is 69.5 cm³/mol. The normalized spacial score (nSPS) is 17.1. The van der Waals surface area contributed by atoms with Crippen molar-refractivity contribution >= 4 is 17.7 Å². The van der Waals surface area contributed by atoms with Gasteiger partial charge in [0.25, 0.3) is 0 Å². The van der Waals surface area contributed by atoms with Crippen molar-refractivity contribution in [3.63, 3.8) is 0 Å². The summed E-state index contributed by atoms with van der Waals surface area (Å²) in [6.07, 6.45) is 1.31. The Balaban J connectivity index is 2.07. The summed E-state index contributed by atoms with van der Waals surface area (Å²) >= 11 is 5.87. The minimum absolute atomic E-state index is 0.396. The lowest BCUT2D eigenvalue weighted by atomic mass is 10.1. The second kappa shape index (κ2) is 4.43. The molecule has 0 bridgehead atoms. The molecule has 1 amide bonds. The molecule has 5 heteroatoms. The molecule has 1 heterocycles. The Morgan fingerprint density at radius 2 is 2.11 bits per heavy atom. The number of aromatic nitrogens is 1. The van der Waals surface area contributed by atoms with Gasteiger partial charge < -0.3 is 10.1 Å². The molecule has 0 atom stereocenters. The van der Waals surface area contributed by atoms with Crippen molar-refractivity contribution in [3.8, 4) is 0 Å². The fourth-order valence-electron chi connectivity index (χ4n) is 1.74. The van der Waals surface area contributed by atoms with Gasteiger partial charge >= 0.3 is 6.09 Å². The number of nitrogens with zero attached hydrogens (tertiary/aromatic N) is 1. The average Bonchev–Trinajstić information content (AvgIpc) is 2.95. The number of carbonyl (C=O) groups is 1. The highest BCUT2D eigenvalue weighted by Gasteiger charge is 2.48. The number of amides is 1. The Morgan fingerprint density at radius 1 is 1.44 bits per heavy atom. The Labute approximate surface area is 112 Å². The fraction of sp³-hybridized carbons (Fsp3) is 0.538. The molecule has 1 aromatic heterocycles. The molecule has 1 aliphatic carbocycles. The molecule has 0 spiro atoms. The number of pyridine rings is 1. The van der Waals surface area contributed by atoms with E-state index in [4.69, 9.17) is 16.3 Å². The molecule has 18 heavy (non-hydrogen) atoms. The number of ether oxygens (including phenoxy) is 1. The maximum absolute atomic E-state index is 11.8. The van der Waals surface area contributed by atoms with Crippen LogP contribution < -0.4 is 5.32 Å². The molecule has 1 N–H and O–H groups in total. The zero-order valence-corrected chi connectivity index (χ0v) is 11.5. The summed E-state index contributed by atoms with van der Waals surface area (Å²) in [7, 11) is 0. The van der Waals surface area contributed by atoms with Gasteiger partial charge in [-0.15, -0.1) is 0 Å². The van der Waals surface area contributed by atoms with Crippen molar-refractivity contribution < 1.29 is 9.53 Å². The van der Waals surface area contributed by atoms with Crippen molar-refractivity contribution in [2.45, 2.75) is 44.8 Å². The van der Waals surface area contributed by atoms with Gasteiger partial charge in [-0.3, -0.25) is 0 Å². The molecular formula is C13H17ClN2O2. The van der Waals surface area contributed by atoms with E-state index in [0.717, 1.165) is 18.5 Å². The lowest BCUT2D eigenvalue weighted by Gasteiger charge is -2.23. The molecule has 1 aliphatic rings. The summed E-state index contributed by atoms with van der Waals surface area (Å²) < 4.78 is 5.25. The first kappa shape index (κ1) is 13.1. The summed E-state index contributed by atoms with van der Waals surface area (Å²) in [5.74, 6) is 0. The lowest BCUT2D eigenvalue weighted by Crippen LogP contribution is -2.39. The molecule has 0 radical (unpaired) electrons. The summed E-state index contributed by atoms with van der Waals surface area (Å²) in [6.45, 7) is 5.51. The van der Waals surface area contributed by atoms with E-state index in [-0.39, 0.29) is 0 Å². The minimum Gasteiger partial charge on any atom is -0.444 e. The smallest absolute Gasteiger partial charge is 0.408 e. The topological polar surface area (TPSA) is 51.2 Å². The van der Waals surface area contributed by atoms with Gasteiger partial charge in [0.1, 0.15) is 10.8 Å². The SMILES string of the molecule is CC(C)(C)OC(=O)NC1(c2cccc(Cl)n2)CC1. The van der Waals surface area contributed by atoms with Gasteiger partial charge in [-0.1, -0.05) is 17.7 Å². The van der Waals surface area contributed by atoms with Gasteiger partial charge in [0.05, 0.1) is 11.2 Å². The highest BCUT2D eigenvalue weighted by Crippen LogP contribution is 2.44. The summed E-state index contributed by atoms with van der Waals surface area (Å²) in [6, 6.07) is 5.42. The minimum atomic E-state index is -0.498. The van der Waals surface area contributed by atoms with Gasteiger partial charge in [-0.05, 0) is 45.7 Å². The third kappa shape index (κ3) is 3.13. The maximum atomic E-state index is 11.8. The van der Waals surface area contributed by atoms with Crippen molar-refractivity contribution in [1.29, 1.82) is 0 Å². The van der Waals surface area contributed by atoms with Crippen molar-refractivity contribution in [2.24, 2.45) is 0 Å². The number of carbonyl (C=O) groups excluding carboxylic acids is 1. The number of hydrogen-bond acceptors (Lipinski definition) is 3. The lowest BCUT2D eigenvalue weighted by molar-refractivity contribution is 0.0494. The molecule has 2 rings (SSSR count). The molecule has 0 aromatic carbocycles. The van der Waals surface area contributed by atoms with E-state index >= 15 is 0 Å². The number of hydrogen-bond donors (Lipinski definition) is 1. The summed E-state index contributed by atoms with van der Waals surface area (Å²) in [5.41, 5.74) is -0.101. The van der Waals surface area contributed by atoms with Crippen molar-refractivity contribution in [3.05, 3.63) is 29.0 Å². The highest BCUT2D eigenvalue weighted by molar-refractivity contribution is 6.29. The van der Waals surface area contributed by atoms with Crippen molar-refractivity contribution in [1.82, 2.24) is 10.3 Å². The van der Waals surface area contributed by atoms with Crippen LogP contribution in [0.2, 0.25) is 5.15 Å². The Hall–Kier alpha value is -1.29. The first-order chi connectivity index (χ1) is 8.31. The molecule has 4 nitrogen and oxygen atoms in total. The molecular weight excluding hydrogens is 252 g/mol. The Kier molecular flexibility index (Phi) is 3.23. The standard InChI is InChI=1S/C13H17ClN2O2/c1-12(2,3)18-11(17)16-13(7-8-13)9-5-4-6-10(14)15-9/h4-6H,7-8H2,1-3H3,(H,16,17). The van der Waals surface area contributed by atoms with Crippen LogP contribution in [-0.2, 0) is 10.3 Å². The molecule has 0 saturated heterocycles. The van der Waals surface area contributed by atoms with E-state index in [1.807, 2.05) is 32.9 Å². The van der Waals surface area contributed by atoms with Crippen LogP contribution in [0.4, 0.5) is 4.79 Å². The Bertz CT molecular complexity index is 464. The van der Waals surface area contributed by atoms with Gasteiger partial charge in [-0.25, -0.2) is 9.78 Å². The third-order valence-corrected chi connectivity index (χ3v) is 2.91. The predicted octanol–water partition coefficient (Wildman–Crippen LogP) is 3.25. The molecule has 1 fully saturated rings. The van der Waals surface area contributed by atoms with Crippen LogP contribution >= 0.6 is 11.6 Å². The molecule has 98 valence electrons. The molecule has 0 unspecified atom stereocenters. The first-order valence-corrected chi connectivity index (χ1v) is 6.33. The highest BCUT2D eigenvalue weighted by atomic mass is 35.5. The summed E-state index contributed by atoms with van der Waals surface area (Å²) in [4.78, 5) is 16.0. The zero-order valence-electron chi connectivity index (χ0n) is 10.8. The zero-order chi connectivity index (χ0) is 13.4.